The molecule has 1 aliphatic rings. The molecule has 0 saturated heterocycles. The van der Waals surface area contributed by atoms with Crippen LogP contribution in [0.4, 0.5) is 5.69 Å². The standard InChI is InChI=1S/C26H24ClN3O2S/c1-16-5-4-6-21(17(16)2)30-23(31)22-13-19-11-12-33-24(19)29(22)15-26(30,3)25(32)28-14-18-7-9-20(27)10-8-18/h4-13H,14-15H2,1-3H3,(H,28,32). The minimum Gasteiger partial charge on any atom is -0.350 e. The Labute approximate surface area is 201 Å². The summed E-state index contributed by atoms with van der Waals surface area (Å²) < 4.78 is 1.99. The van der Waals surface area contributed by atoms with Crippen LogP contribution in [0, 0.1) is 13.8 Å². The number of halogens is 1. The van der Waals surface area contributed by atoms with E-state index in [1.165, 1.54) is 0 Å². The number of carbonyl (C=O) groups is 2. The monoisotopic (exact) mass is 477 g/mol. The molecule has 7 heteroatoms. The van der Waals surface area contributed by atoms with Crippen LogP contribution in [0.15, 0.2) is 60.0 Å². The summed E-state index contributed by atoms with van der Waals surface area (Å²) in [7, 11) is 0. The number of benzene rings is 2. The average molecular weight is 478 g/mol. The molecule has 0 bridgehead atoms. The molecule has 5 nitrogen and oxygen atoms in total. The smallest absolute Gasteiger partial charge is 0.275 e. The fraction of sp³-hybridized carbons (Fsp3) is 0.231. The number of aromatic nitrogens is 1. The second-order valence-corrected chi connectivity index (χ2v) is 10.1. The van der Waals surface area contributed by atoms with E-state index >= 15 is 0 Å². The van der Waals surface area contributed by atoms with E-state index in [1.807, 2.05) is 73.2 Å². The Bertz CT molecular complexity index is 1390. The second kappa shape index (κ2) is 8.04. The number of hydrogen-bond donors (Lipinski definition) is 1. The average Bonchev–Trinajstić information content (AvgIpc) is 3.38. The Morgan fingerprint density at radius 1 is 1.15 bits per heavy atom. The van der Waals surface area contributed by atoms with Gasteiger partial charge in [-0.3, -0.25) is 14.5 Å². The topological polar surface area (TPSA) is 54.3 Å². The highest BCUT2D eigenvalue weighted by Gasteiger charge is 2.49. The molecule has 2 aromatic heterocycles. The van der Waals surface area contributed by atoms with Gasteiger partial charge >= 0.3 is 0 Å². The van der Waals surface area contributed by atoms with Crippen molar-refractivity contribution in [3.8, 4) is 0 Å². The number of nitrogens with one attached hydrogen (secondary N) is 1. The number of nitrogens with zero attached hydrogens (tertiary/aromatic N) is 2. The van der Waals surface area contributed by atoms with Crippen molar-refractivity contribution in [1.29, 1.82) is 0 Å². The molecule has 4 aromatic rings. The van der Waals surface area contributed by atoms with Crippen LogP contribution in [0.5, 0.6) is 0 Å². The van der Waals surface area contributed by atoms with Crippen molar-refractivity contribution in [1.82, 2.24) is 9.88 Å². The molecule has 5 rings (SSSR count). The normalized spacial score (nSPS) is 17.9. The van der Waals surface area contributed by atoms with Crippen molar-refractivity contribution in [3.63, 3.8) is 0 Å². The Kier molecular flexibility index (Phi) is 5.30. The summed E-state index contributed by atoms with van der Waals surface area (Å²) in [6, 6.07) is 17.2. The van der Waals surface area contributed by atoms with Gasteiger partial charge in [0.1, 0.15) is 16.1 Å². The maximum atomic E-state index is 13.9. The van der Waals surface area contributed by atoms with E-state index in [-0.39, 0.29) is 11.8 Å². The SMILES string of the molecule is Cc1cccc(N2C(=O)c3cc4ccsc4n3CC2(C)C(=O)NCc2ccc(Cl)cc2)c1C. The fourth-order valence-corrected chi connectivity index (χ4v) is 5.55. The Hall–Kier alpha value is -3.09. The molecule has 1 aliphatic heterocycles. The van der Waals surface area contributed by atoms with Gasteiger partial charge in [0.25, 0.3) is 5.91 Å². The van der Waals surface area contributed by atoms with E-state index in [4.69, 9.17) is 11.6 Å². The van der Waals surface area contributed by atoms with E-state index in [9.17, 15) is 9.59 Å². The zero-order valence-corrected chi connectivity index (χ0v) is 20.3. The summed E-state index contributed by atoms with van der Waals surface area (Å²) in [5.74, 6) is -0.363. The van der Waals surface area contributed by atoms with Gasteiger partial charge in [0, 0.05) is 22.6 Å². The van der Waals surface area contributed by atoms with E-state index in [0.717, 1.165) is 32.6 Å². The number of hydrogen-bond acceptors (Lipinski definition) is 3. The fourth-order valence-electron chi connectivity index (χ4n) is 4.53. The maximum Gasteiger partial charge on any atom is 0.275 e. The number of thiophene rings is 1. The molecular weight excluding hydrogens is 454 g/mol. The quantitative estimate of drug-likeness (QED) is 0.409. The molecule has 168 valence electrons. The first kappa shape index (κ1) is 21.7. The summed E-state index contributed by atoms with van der Waals surface area (Å²) in [6.45, 7) is 6.59. The second-order valence-electron chi connectivity index (χ2n) is 8.74. The summed E-state index contributed by atoms with van der Waals surface area (Å²) in [4.78, 5) is 30.3. The van der Waals surface area contributed by atoms with Gasteiger partial charge < -0.3 is 9.88 Å². The van der Waals surface area contributed by atoms with Crippen molar-refractivity contribution >= 4 is 50.7 Å². The lowest BCUT2D eigenvalue weighted by Gasteiger charge is -2.44. The van der Waals surface area contributed by atoms with Crippen molar-refractivity contribution in [2.45, 2.75) is 39.4 Å². The van der Waals surface area contributed by atoms with Gasteiger partial charge in [-0.05, 0) is 73.2 Å². The molecule has 2 amide bonds. The van der Waals surface area contributed by atoms with Gasteiger partial charge in [-0.15, -0.1) is 11.3 Å². The third kappa shape index (κ3) is 3.54. The minimum atomic E-state index is -1.11. The van der Waals surface area contributed by atoms with Crippen LogP contribution < -0.4 is 10.2 Å². The summed E-state index contributed by atoms with van der Waals surface area (Å²) in [5.41, 5.74) is 3.28. The Morgan fingerprint density at radius 2 is 1.91 bits per heavy atom. The lowest BCUT2D eigenvalue weighted by molar-refractivity contribution is -0.126. The summed E-state index contributed by atoms with van der Waals surface area (Å²) in [6.07, 6.45) is 0. The highest BCUT2D eigenvalue weighted by molar-refractivity contribution is 7.16. The number of anilines is 1. The first-order valence-corrected chi connectivity index (χ1v) is 12.1. The van der Waals surface area contributed by atoms with Crippen LogP contribution in [0.3, 0.4) is 0 Å². The molecule has 0 spiro atoms. The number of carbonyl (C=O) groups excluding carboxylic acids is 2. The van der Waals surface area contributed by atoms with Crippen molar-refractivity contribution < 1.29 is 9.59 Å². The molecule has 33 heavy (non-hydrogen) atoms. The first-order chi connectivity index (χ1) is 15.8. The van der Waals surface area contributed by atoms with Gasteiger partial charge in [0.05, 0.1) is 6.54 Å². The van der Waals surface area contributed by atoms with Gasteiger partial charge in [-0.2, -0.15) is 0 Å². The highest BCUT2D eigenvalue weighted by Crippen LogP contribution is 2.39. The van der Waals surface area contributed by atoms with Crippen molar-refractivity contribution in [2.24, 2.45) is 0 Å². The summed E-state index contributed by atoms with van der Waals surface area (Å²) in [5, 5.41) is 6.75. The van der Waals surface area contributed by atoms with Crippen LogP contribution in [-0.4, -0.2) is 21.9 Å². The third-order valence-electron chi connectivity index (χ3n) is 6.56. The molecule has 0 radical (unpaired) electrons. The van der Waals surface area contributed by atoms with Crippen molar-refractivity contribution in [3.05, 3.63) is 87.4 Å². The predicted molar refractivity (Wildman–Crippen MR) is 134 cm³/mol. The Balaban J connectivity index is 1.58. The molecular formula is C26H24ClN3O2S. The van der Waals surface area contributed by atoms with Crippen LogP contribution in [0.1, 0.15) is 34.1 Å². The summed E-state index contributed by atoms with van der Waals surface area (Å²) >= 11 is 7.58. The number of amides is 2. The molecule has 0 fully saturated rings. The van der Waals surface area contributed by atoms with E-state index < -0.39 is 5.54 Å². The molecule has 1 atom stereocenters. The molecule has 1 N–H and O–H groups in total. The molecule has 0 saturated carbocycles. The molecule has 1 unspecified atom stereocenters. The minimum absolute atomic E-state index is 0.164. The maximum absolute atomic E-state index is 13.9. The van der Waals surface area contributed by atoms with Crippen LogP contribution in [0.25, 0.3) is 10.2 Å². The number of aryl methyl sites for hydroxylation is 1. The Morgan fingerprint density at radius 3 is 2.67 bits per heavy atom. The van der Waals surface area contributed by atoms with Gasteiger partial charge in [-0.25, -0.2) is 0 Å². The zero-order chi connectivity index (χ0) is 23.3. The zero-order valence-electron chi connectivity index (χ0n) is 18.7. The lowest BCUT2D eigenvalue weighted by Crippen LogP contribution is -2.64. The number of rotatable bonds is 4. The van der Waals surface area contributed by atoms with Crippen LogP contribution in [-0.2, 0) is 17.9 Å². The van der Waals surface area contributed by atoms with Gasteiger partial charge in [-0.1, -0.05) is 35.9 Å². The van der Waals surface area contributed by atoms with Crippen molar-refractivity contribution in [2.75, 3.05) is 4.90 Å². The molecule has 3 heterocycles. The van der Waals surface area contributed by atoms with E-state index in [0.29, 0.717) is 23.8 Å². The van der Waals surface area contributed by atoms with E-state index in [2.05, 4.69) is 5.32 Å². The molecule has 0 aliphatic carbocycles. The van der Waals surface area contributed by atoms with E-state index in [1.54, 1.807) is 28.4 Å². The lowest BCUT2D eigenvalue weighted by atomic mass is 9.92. The van der Waals surface area contributed by atoms with Gasteiger partial charge in [0.15, 0.2) is 0 Å². The third-order valence-corrected chi connectivity index (χ3v) is 7.76. The first-order valence-electron chi connectivity index (χ1n) is 10.8. The predicted octanol–water partition coefficient (Wildman–Crippen LogP) is 5.71. The van der Waals surface area contributed by atoms with Crippen LogP contribution >= 0.6 is 22.9 Å². The van der Waals surface area contributed by atoms with Gasteiger partial charge in [0.2, 0.25) is 5.91 Å². The number of fused-ring (bicyclic) bond motifs is 3. The highest BCUT2D eigenvalue weighted by atomic mass is 35.5. The molecule has 2 aromatic carbocycles. The van der Waals surface area contributed by atoms with Crippen LogP contribution in [0.2, 0.25) is 5.02 Å². The largest absolute Gasteiger partial charge is 0.350 e.